The second-order valence-corrected chi connectivity index (χ2v) is 6.53. The van der Waals surface area contributed by atoms with Crippen molar-refractivity contribution in [1.29, 1.82) is 0 Å². The first-order valence-electron chi connectivity index (χ1n) is 8.20. The normalized spacial score (nSPS) is 24.8. The van der Waals surface area contributed by atoms with E-state index in [1.54, 1.807) is 0 Å². The van der Waals surface area contributed by atoms with Crippen LogP contribution in [0.4, 0.5) is 0 Å². The molecule has 0 aromatic heterocycles. The molecule has 118 valence electrons. The maximum Gasteiger partial charge on any atom is 0.223 e. The molecule has 0 bridgehead atoms. The predicted molar refractivity (Wildman–Crippen MR) is 86.2 cm³/mol. The lowest BCUT2D eigenvalue weighted by Crippen LogP contribution is -2.35. The molecule has 20 heavy (non-hydrogen) atoms. The molecule has 1 aliphatic carbocycles. The minimum atomic E-state index is 0. The Balaban J connectivity index is 0.00000200. The molecule has 1 saturated heterocycles. The number of piperidine rings is 1. The van der Waals surface area contributed by atoms with Gasteiger partial charge in [-0.3, -0.25) is 4.79 Å². The van der Waals surface area contributed by atoms with Crippen LogP contribution in [0.5, 0.6) is 0 Å². The molecule has 2 aliphatic rings. The van der Waals surface area contributed by atoms with Gasteiger partial charge >= 0.3 is 0 Å². The Morgan fingerprint density at radius 1 is 1.35 bits per heavy atom. The van der Waals surface area contributed by atoms with Crippen molar-refractivity contribution in [3.8, 4) is 0 Å². The Bertz CT molecular complexity index is 303. The second-order valence-electron chi connectivity index (χ2n) is 6.53. The molecule has 2 N–H and O–H groups in total. The van der Waals surface area contributed by atoms with Crippen molar-refractivity contribution in [3.63, 3.8) is 0 Å². The topological polar surface area (TPSA) is 41.1 Å². The van der Waals surface area contributed by atoms with Gasteiger partial charge < -0.3 is 10.6 Å². The van der Waals surface area contributed by atoms with Crippen LogP contribution in [-0.4, -0.2) is 25.5 Å². The van der Waals surface area contributed by atoms with Gasteiger partial charge in [-0.05, 0) is 50.1 Å². The van der Waals surface area contributed by atoms with Crippen molar-refractivity contribution >= 4 is 18.3 Å². The average molecular weight is 303 g/mol. The Kier molecular flexibility index (Phi) is 7.32. The number of hydrogen-bond acceptors (Lipinski definition) is 2. The highest BCUT2D eigenvalue weighted by Gasteiger charge is 2.57. The minimum absolute atomic E-state index is 0. The molecule has 2 atom stereocenters. The Hall–Kier alpha value is -0.280. The van der Waals surface area contributed by atoms with Gasteiger partial charge in [0.1, 0.15) is 0 Å². The highest BCUT2D eigenvalue weighted by atomic mass is 35.5. The molecular formula is C16H31ClN2O. The molecule has 1 saturated carbocycles. The molecule has 2 fully saturated rings. The fourth-order valence-corrected chi connectivity index (χ4v) is 3.51. The van der Waals surface area contributed by atoms with Gasteiger partial charge in [-0.15, -0.1) is 12.4 Å². The second kappa shape index (κ2) is 8.23. The van der Waals surface area contributed by atoms with Crippen molar-refractivity contribution in [2.45, 2.75) is 58.8 Å². The Morgan fingerprint density at radius 3 is 2.65 bits per heavy atom. The molecule has 2 unspecified atom stereocenters. The van der Waals surface area contributed by atoms with Crippen LogP contribution in [0.2, 0.25) is 0 Å². The summed E-state index contributed by atoms with van der Waals surface area (Å²) in [4.78, 5) is 12.2. The zero-order chi connectivity index (χ0) is 13.7. The summed E-state index contributed by atoms with van der Waals surface area (Å²) in [5, 5.41) is 6.61. The van der Waals surface area contributed by atoms with Crippen LogP contribution >= 0.6 is 12.4 Å². The lowest BCUT2D eigenvalue weighted by molar-refractivity contribution is -0.123. The van der Waals surface area contributed by atoms with Crippen molar-refractivity contribution < 1.29 is 4.79 Å². The average Bonchev–Trinajstić information content (AvgIpc) is 3.13. The third-order valence-corrected chi connectivity index (χ3v) is 5.21. The summed E-state index contributed by atoms with van der Waals surface area (Å²) < 4.78 is 0. The smallest absolute Gasteiger partial charge is 0.223 e. The summed E-state index contributed by atoms with van der Waals surface area (Å²) in [6, 6.07) is 0. The van der Waals surface area contributed by atoms with Crippen LogP contribution in [0.3, 0.4) is 0 Å². The molecule has 1 aliphatic heterocycles. The maximum atomic E-state index is 12.2. The number of nitrogens with one attached hydrogen (secondary N) is 2. The van der Waals surface area contributed by atoms with Crippen LogP contribution in [-0.2, 0) is 4.79 Å². The summed E-state index contributed by atoms with van der Waals surface area (Å²) >= 11 is 0. The molecule has 2 rings (SSSR count). The number of hydrogen-bond donors (Lipinski definition) is 2. The van der Waals surface area contributed by atoms with E-state index in [-0.39, 0.29) is 12.4 Å². The molecule has 1 spiro atoms. The van der Waals surface area contributed by atoms with Gasteiger partial charge in [-0.25, -0.2) is 0 Å². The van der Waals surface area contributed by atoms with Crippen molar-refractivity contribution in [1.82, 2.24) is 10.6 Å². The van der Waals surface area contributed by atoms with Crippen molar-refractivity contribution in [3.05, 3.63) is 0 Å². The zero-order valence-corrected chi connectivity index (χ0v) is 13.9. The number of amides is 1. The minimum Gasteiger partial charge on any atom is -0.356 e. The Labute approximate surface area is 130 Å². The quantitative estimate of drug-likeness (QED) is 0.758. The molecule has 3 nitrogen and oxygen atoms in total. The summed E-state index contributed by atoms with van der Waals surface area (Å²) in [7, 11) is 0. The van der Waals surface area contributed by atoms with E-state index in [0.29, 0.717) is 23.2 Å². The van der Waals surface area contributed by atoms with E-state index >= 15 is 0 Å². The SMILES string of the molecule is CCCCC(CC)CNC(=O)C1CC12CCNCC2.Cl. The van der Waals surface area contributed by atoms with Crippen LogP contribution in [0.1, 0.15) is 58.8 Å². The van der Waals surface area contributed by atoms with Gasteiger partial charge in [0.2, 0.25) is 5.91 Å². The summed E-state index contributed by atoms with van der Waals surface area (Å²) in [5.41, 5.74) is 0.375. The van der Waals surface area contributed by atoms with E-state index in [0.717, 1.165) is 26.1 Å². The monoisotopic (exact) mass is 302 g/mol. The van der Waals surface area contributed by atoms with Crippen LogP contribution in [0.25, 0.3) is 0 Å². The Morgan fingerprint density at radius 2 is 2.05 bits per heavy atom. The number of halogens is 1. The van der Waals surface area contributed by atoms with Crippen LogP contribution in [0.15, 0.2) is 0 Å². The highest BCUT2D eigenvalue weighted by Crippen LogP contribution is 2.58. The highest BCUT2D eigenvalue weighted by molar-refractivity contribution is 5.85. The number of unbranched alkanes of at least 4 members (excludes halogenated alkanes) is 1. The fourth-order valence-electron chi connectivity index (χ4n) is 3.51. The number of carbonyl (C=O) groups excluding carboxylic acids is 1. The van der Waals surface area contributed by atoms with Gasteiger partial charge in [0, 0.05) is 12.5 Å². The van der Waals surface area contributed by atoms with Gasteiger partial charge in [-0.2, -0.15) is 0 Å². The maximum absolute atomic E-state index is 12.2. The largest absolute Gasteiger partial charge is 0.356 e. The summed E-state index contributed by atoms with van der Waals surface area (Å²) in [6.07, 6.45) is 8.49. The number of carbonyl (C=O) groups is 1. The molecule has 0 radical (unpaired) electrons. The third-order valence-electron chi connectivity index (χ3n) is 5.21. The molecule has 0 aromatic rings. The first kappa shape index (κ1) is 17.8. The van der Waals surface area contributed by atoms with Gasteiger partial charge in [0.25, 0.3) is 0 Å². The third kappa shape index (κ3) is 4.36. The first-order valence-corrected chi connectivity index (χ1v) is 8.20. The molecule has 1 amide bonds. The van der Waals surface area contributed by atoms with Gasteiger partial charge in [-0.1, -0.05) is 33.1 Å². The van der Waals surface area contributed by atoms with Crippen LogP contribution < -0.4 is 10.6 Å². The zero-order valence-electron chi connectivity index (χ0n) is 13.0. The lowest BCUT2D eigenvalue weighted by Gasteiger charge is -2.23. The van der Waals surface area contributed by atoms with Crippen molar-refractivity contribution in [2.24, 2.45) is 17.3 Å². The van der Waals surface area contributed by atoms with E-state index in [1.807, 2.05) is 0 Å². The van der Waals surface area contributed by atoms with E-state index < -0.39 is 0 Å². The van der Waals surface area contributed by atoms with E-state index in [9.17, 15) is 4.79 Å². The van der Waals surface area contributed by atoms with E-state index in [4.69, 9.17) is 0 Å². The molecule has 0 aromatic carbocycles. The first-order chi connectivity index (χ1) is 9.22. The van der Waals surface area contributed by atoms with Crippen molar-refractivity contribution in [2.75, 3.05) is 19.6 Å². The fraction of sp³-hybridized carbons (Fsp3) is 0.938. The molecule has 4 heteroatoms. The lowest BCUT2D eigenvalue weighted by atomic mass is 9.91. The summed E-state index contributed by atoms with van der Waals surface area (Å²) in [6.45, 7) is 7.55. The standard InChI is InChI=1S/C16H30N2O.ClH/c1-3-5-6-13(4-2)12-18-15(19)14-11-16(14)7-9-17-10-8-16;/h13-14,17H,3-12H2,1-2H3,(H,18,19);1H. The van der Waals surface area contributed by atoms with E-state index in [1.165, 1.54) is 38.5 Å². The van der Waals surface area contributed by atoms with Crippen LogP contribution in [0, 0.1) is 17.3 Å². The summed E-state index contributed by atoms with van der Waals surface area (Å²) in [5.74, 6) is 1.32. The number of rotatable bonds is 7. The molecule has 1 heterocycles. The molecular weight excluding hydrogens is 272 g/mol. The predicted octanol–water partition coefficient (Wildman–Crippen LogP) is 3.13. The van der Waals surface area contributed by atoms with Gasteiger partial charge in [0.15, 0.2) is 0 Å². The van der Waals surface area contributed by atoms with Gasteiger partial charge in [0.05, 0.1) is 0 Å². The van der Waals surface area contributed by atoms with E-state index in [2.05, 4.69) is 24.5 Å².